The van der Waals surface area contributed by atoms with E-state index in [4.69, 9.17) is 0 Å². The van der Waals surface area contributed by atoms with Crippen LogP contribution in [0.5, 0.6) is 0 Å². The predicted octanol–water partition coefficient (Wildman–Crippen LogP) is 13.9. The lowest BCUT2D eigenvalue weighted by atomic mass is 9.82. The zero-order valence-electron chi connectivity index (χ0n) is 29.9. The van der Waals surface area contributed by atoms with Crippen molar-refractivity contribution in [2.75, 3.05) is 4.90 Å². The minimum absolute atomic E-state index is 0.0695. The molecule has 0 amide bonds. The Morgan fingerprint density at radius 1 is 0.396 bits per heavy atom. The molecule has 2 nitrogen and oxygen atoms in total. The summed E-state index contributed by atoms with van der Waals surface area (Å²) in [7, 11) is 0. The first kappa shape index (κ1) is 31.1. The van der Waals surface area contributed by atoms with Gasteiger partial charge in [0.2, 0.25) is 0 Å². The van der Waals surface area contributed by atoms with Crippen LogP contribution in [0.1, 0.15) is 25.0 Å². The standard InChI is InChI=1S/C51H38N2/c1-51(2)46-24-11-9-21-43(46)44-32-31-41(34-47(44)51)52(38-17-5-3-6-18-38)40-29-27-35(28-30-40)36-15-13-16-37(33-36)42-23-14-26-49-50(42)45-22-10-12-25-48(45)53(49)39-19-7-4-8-20-39/h3-34H,1-2H3. The van der Waals surface area contributed by atoms with E-state index in [0.29, 0.717) is 0 Å². The van der Waals surface area contributed by atoms with E-state index in [9.17, 15) is 0 Å². The number of fused-ring (bicyclic) bond motifs is 6. The van der Waals surface area contributed by atoms with Crippen molar-refractivity contribution < 1.29 is 0 Å². The molecule has 0 radical (unpaired) electrons. The van der Waals surface area contributed by atoms with Crippen LogP contribution in [0.4, 0.5) is 17.1 Å². The van der Waals surface area contributed by atoms with Gasteiger partial charge in [-0.3, -0.25) is 0 Å². The summed E-state index contributed by atoms with van der Waals surface area (Å²) in [5.74, 6) is 0. The molecule has 0 fully saturated rings. The molecule has 53 heavy (non-hydrogen) atoms. The van der Waals surface area contributed by atoms with Crippen molar-refractivity contribution in [1.29, 1.82) is 0 Å². The lowest BCUT2D eigenvalue weighted by Crippen LogP contribution is -2.16. The van der Waals surface area contributed by atoms with Crippen LogP contribution in [0, 0.1) is 0 Å². The van der Waals surface area contributed by atoms with Crippen molar-refractivity contribution in [2.45, 2.75) is 19.3 Å². The van der Waals surface area contributed by atoms with E-state index in [-0.39, 0.29) is 5.41 Å². The molecular formula is C51H38N2. The zero-order chi connectivity index (χ0) is 35.5. The Balaban J connectivity index is 1.04. The van der Waals surface area contributed by atoms with Crippen LogP contribution < -0.4 is 4.90 Å². The second-order valence-corrected chi connectivity index (χ2v) is 14.6. The normalized spacial score (nSPS) is 12.9. The largest absolute Gasteiger partial charge is 0.310 e. The molecule has 1 aliphatic carbocycles. The van der Waals surface area contributed by atoms with Crippen LogP contribution in [0.3, 0.4) is 0 Å². The van der Waals surface area contributed by atoms with Crippen LogP contribution in [0.2, 0.25) is 0 Å². The smallest absolute Gasteiger partial charge is 0.0547 e. The lowest BCUT2D eigenvalue weighted by Gasteiger charge is -2.28. The van der Waals surface area contributed by atoms with Crippen molar-refractivity contribution in [1.82, 2.24) is 4.57 Å². The van der Waals surface area contributed by atoms with Gasteiger partial charge in [-0.15, -0.1) is 0 Å². The maximum absolute atomic E-state index is 2.40. The van der Waals surface area contributed by atoms with Crippen molar-refractivity contribution >= 4 is 38.9 Å². The van der Waals surface area contributed by atoms with E-state index in [1.165, 1.54) is 72.0 Å². The molecule has 252 valence electrons. The number of benzene rings is 8. The van der Waals surface area contributed by atoms with Crippen LogP contribution in [-0.4, -0.2) is 4.57 Å². The molecule has 1 heterocycles. The van der Waals surface area contributed by atoms with E-state index in [1.807, 2.05) is 0 Å². The second kappa shape index (κ2) is 12.3. The molecule has 0 aliphatic heterocycles. The van der Waals surface area contributed by atoms with Gasteiger partial charge in [0.05, 0.1) is 11.0 Å². The number of hydrogen-bond donors (Lipinski definition) is 0. The first-order valence-corrected chi connectivity index (χ1v) is 18.4. The van der Waals surface area contributed by atoms with E-state index in [1.54, 1.807) is 0 Å². The summed E-state index contributed by atoms with van der Waals surface area (Å²) in [6.07, 6.45) is 0. The zero-order valence-corrected chi connectivity index (χ0v) is 29.9. The lowest BCUT2D eigenvalue weighted by molar-refractivity contribution is 0.660. The van der Waals surface area contributed by atoms with Gasteiger partial charge < -0.3 is 9.47 Å². The number of rotatable bonds is 6. The van der Waals surface area contributed by atoms with Gasteiger partial charge in [-0.1, -0.05) is 141 Å². The Bertz CT molecular complexity index is 2790. The Morgan fingerprint density at radius 3 is 1.83 bits per heavy atom. The highest BCUT2D eigenvalue weighted by Gasteiger charge is 2.35. The molecular weight excluding hydrogens is 641 g/mol. The van der Waals surface area contributed by atoms with Gasteiger partial charge in [0.25, 0.3) is 0 Å². The maximum atomic E-state index is 2.40. The van der Waals surface area contributed by atoms with E-state index >= 15 is 0 Å². The predicted molar refractivity (Wildman–Crippen MR) is 224 cm³/mol. The molecule has 0 atom stereocenters. The second-order valence-electron chi connectivity index (χ2n) is 14.6. The van der Waals surface area contributed by atoms with E-state index in [0.717, 1.165) is 17.1 Å². The van der Waals surface area contributed by atoms with Crippen LogP contribution in [0.15, 0.2) is 194 Å². The molecule has 0 bridgehead atoms. The molecule has 1 aliphatic rings. The minimum Gasteiger partial charge on any atom is -0.310 e. The van der Waals surface area contributed by atoms with Crippen LogP contribution in [-0.2, 0) is 5.41 Å². The van der Waals surface area contributed by atoms with Crippen molar-refractivity contribution in [3.63, 3.8) is 0 Å². The molecule has 1 aromatic heterocycles. The third-order valence-corrected chi connectivity index (χ3v) is 11.2. The average Bonchev–Trinajstić information content (AvgIpc) is 3.68. The number of hydrogen-bond acceptors (Lipinski definition) is 1. The summed E-state index contributed by atoms with van der Waals surface area (Å²) in [4.78, 5) is 2.38. The number of nitrogens with zero attached hydrogens (tertiary/aromatic N) is 2. The third-order valence-electron chi connectivity index (χ3n) is 11.2. The van der Waals surface area contributed by atoms with Gasteiger partial charge in [-0.25, -0.2) is 0 Å². The van der Waals surface area contributed by atoms with Gasteiger partial charge >= 0.3 is 0 Å². The SMILES string of the molecule is CC1(C)c2ccccc2-c2ccc(N(c3ccccc3)c3ccc(-c4cccc(-c5cccc6c5c5ccccc5n6-c5ccccc5)c4)cc3)cc21. The van der Waals surface area contributed by atoms with Crippen molar-refractivity contribution in [2.24, 2.45) is 0 Å². The van der Waals surface area contributed by atoms with Crippen LogP contribution >= 0.6 is 0 Å². The molecule has 0 saturated carbocycles. The van der Waals surface area contributed by atoms with Crippen molar-refractivity contribution in [3.05, 3.63) is 205 Å². The molecule has 0 spiro atoms. The van der Waals surface area contributed by atoms with Gasteiger partial charge in [0.15, 0.2) is 0 Å². The first-order valence-electron chi connectivity index (χ1n) is 18.4. The fourth-order valence-corrected chi connectivity index (χ4v) is 8.64. The third kappa shape index (κ3) is 5.02. The van der Waals surface area contributed by atoms with Crippen LogP contribution in [0.25, 0.3) is 60.9 Å². The molecule has 0 N–H and O–H groups in total. The summed E-state index contributed by atoms with van der Waals surface area (Å²) in [5, 5.41) is 2.54. The number of para-hydroxylation sites is 3. The molecule has 10 rings (SSSR count). The molecule has 0 unspecified atom stereocenters. The Labute approximate surface area is 310 Å². The Hall–Kier alpha value is -6.64. The summed E-state index contributed by atoms with van der Waals surface area (Å²) < 4.78 is 2.38. The monoisotopic (exact) mass is 678 g/mol. The van der Waals surface area contributed by atoms with E-state index < -0.39 is 0 Å². The highest BCUT2D eigenvalue weighted by Crippen LogP contribution is 2.50. The number of aromatic nitrogens is 1. The summed E-state index contributed by atoms with van der Waals surface area (Å²) >= 11 is 0. The van der Waals surface area contributed by atoms with Gasteiger partial charge in [-0.05, 0) is 111 Å². The topological polar surface area (TPSA) is 8.17 Å². The van der Waals surface area contributed by atoms with E-state index in [2.05, 4.69) is 217 Å². The highest BCUT2D eigenvalue weighted by atomic mass is 15.1. The Morgan fingerprint density at radius 2 is 1.00 bits per heavy atom. The summed E-state index contributed by atoms with van der Waals surface area (Å²) in [5.41, 5.74) is 17.2. The quantitative estimate of drug-likeness (QED) is 0.170. The molecule has 9 aromatic rings. The molecule has 8 aromatic carbocycles. The Kier molecular flexibility index (Phi) is 7.19. The fourth-order valence-electron chi connectivity index (χ4n) is 8.64. The number of anilines is 3. The molecule has 2 heteroatoms. The fraction of sp³-hybridized carbons (Fsp3) is 0.0588. The summed E-state index contributed by atoms with van der Waals surface area (Å²) in [6.45, 7) is 4.69. The minimum atomic E-state index is -0.0695. The van der Waals surface area contributed by atoms with Gasteiger partial charge in [0.1, 0.15) is 0 Å². The maximum Gasteiger partial charge on any atom is 0.0547 e. The van der Waals surface area contributed by atoms with Crippen molar-refractivity contribution in [3.8, 4) is 39.1 Å². The summed E-state index contributed by atoms with van der Waals surface area (Å²) in [6, 6.07) is 70.7. The first-order chi connectivity index (χ1) is 26.1. The average molecular weight is 679 g/mol. The molecule has 0 saturated heterocycles. The highest BCUT2D eigenvalue weighted by molar-refractivity contribution is 6.15. The van der Waals surface area contributed by atoms with Gasteiger partial charge in [0, 0.05) is 38.9 Å². The van der Waals surface area contributed by atoms with Gasteiger partial charge in [-0.2, -0.15) is 0 Å².